The molecule has 3 aromatic rings. The van der Waals surface area contributed by atoms with Gasteiger partial charge in [-0.15, -0.1) is 11.3 Å². The Morgan fingerprint density at radius 3 is 2.89 bits per heavy atom. The van der Waals surface area contributed by atoms with Gasteiger partial charge < -0.3 is 19.9 Å². The number of rotatable bonds is 5. The van der Waals surface area contributed by atoms with Crippen molar-refractivity contribution in [2.75, 3.05) is 6.61 Å². The minimum absolute atomic E-state index is 0.100. The van der Waals surface area contributed by atoms with Gasteiger partial charge in [-0.25, -0.2) is 0 Å². The van der Waals surface area contributed by atoms with Gasteiger partial charge in [-0.1, -0.05) is 41.6 Å². The van der Waals surface area contributed by atoms with Crippen LogP contribution >= 0.6 is 11.3 Å². The van der Waals surface area contributed by atoms with Crippen LogP contribution in [0.5, 0.6) is 0 Å². The van der Waals surface area contributed by atoms with Crippen LogP contribution in [-0.4, -0.2) is 34.7 Å². The Balaban J connectivity index is 1.43. The molecule has 9 heteroatoms. The maximum absolute atomic E-state index is 12.6. The molecule has 8 nitrogen and oxygen atoms in total. The van der Waals surface area contributed by atoms with Crippen LogP contribution in [0.25, 0.3) is 10.8 Å². The number of hydrogen-bond acceptors (Lipinski definition) is 7. The molecule has 0 aliphatic carbocycles. The first-order valence-electron chi connectivity index (χ1n) is 8.31. The molecular formula is C18H16N4O4S. The van der Waals surface area contributed by atoms with Crippen molar-refractivity contribution in [3.8, 4) is 10.8 Å². The highest BCUT2D eigenvalue weighted by atomic mass is 32.1. The van der Waals surface area contributed by atoms with Crippen molar-refractivity contribution < 1.29 is 18.8 Å². The second-order valence-corrected chi connectivity index (χ2v) is 6.85. The molecule has 1 aliphatic heterocycles. The second-order valence-electron chi connectivity index (χ2n) is 5.90. The molecule has 4 rings (SSSR count). The van der Waals surface area contributed by atoms with E-state index in [1.807, 2.05) is 47.8 Å². The first-order chi connectivity index (χ1) is 13.2. The summed E-state index contributed by atoms with van der Waals surface area (Å²) in [6, 6.07) is 12.4. The van der Waals surface area contributed by atoms with Crippen LogP contribution < -0.4 is 10.6 Å². The minimum Gasteiger partial charge on any atom is -0.356 e. The molecule has 1 aliphatic rings. The highest BCUT2D eigenvalue weighted by Crippen LogP contribution is 2.24. The number of thiophene rings is 1. The van der Waals surface area contributed by atoms with E-state index in [1.165, 1.54) is 11.3 Å². The van der Waals surface area contributed by atoms with Crippen molar-refractivity contribution >= 4 is 23.2 Å². The SMILES string of the molecule is O=C1CO[C@H](C(=O)NCc2noc(-c3cccs3)n2)[C@@H](c2ccccc2)N1. The molecule has 0 saturated carbocycles. The van der Waals surface area contributed by atoms with E-state index in [-0.39, 0.29) is 25.0 Å². The quantitative estimate of drug-likeness (QED) is 0.693. The number of hydrogen-bond donors (Lipinski definition) is 2. The number of amides is 2. The fourth-order valence-electron chi connectivity index (χ4n) is 2.79. The van der Waals surface area contributed by atoms with Gasteiger partial charge in [0.05, 0.1) is 17.5 Å². The number of carbonyl (C=O) groups excluding carboxylic acids is 2. The van der Waals surface area contributed by atoms with Crippen molar-refractivity contribution in [2.24, 2.45) is 0 Å². The summed E-state index contributed by atoms with van der Waals surface area (Å²) < 4.78 is 10.7. The van der Waals surface area contributed by atoms with E-state index in [0.717, 1.165) is 10.4 Å². The number of carbonyl (C=O) groups is 2. The summed E-state index contributed by atoms with van der Waals surface area (Å²) in [5, 5.41) is 11.3. The zero-order chi connectivity index (χ0) is 18.6. The molecule has 0 radical (unpaired) electrons. The molecule has 1 saturated heterocycles. The summed E-state index contributed by atoms with van der Waals surface area (Å²) in [7, 11) is 0. The lowest BCUT2D eigenvalue weighted by Crippen LogP contribution is -2.52. The van der Waals surface area contributed by atoms with Crippen molar-refractivity contribution in [1.82, 2.24) is 20.8 Å². The molecule has 0 unspecified atom stereocenters. The Kier molecular flexibility index (Phi) is 4.95. The first-order valence-corrected chi connectivity index (χ1v) is 9.19. The molecular weight excluding hydrogens is 368 g/mol. The van der Waals surface area contributed by atoms with E-state index < -0.39 is 12.1 Å². The van der Waals surface area contributed by atoms with Crippen molar-refractivity contribution in [3.63, 3.8) is 0 Å². The van der Waals surface area contributed by atoms with Gasteiger partial charge in [-0.3, -0.25) is 9.59 Å². The normalized spacial score (nSPS) is 19.5. The maximum atomic E-state index is 12.6. The van der Waals surface area contributed by atoms with Gasteiger partial charge in [0, 0.05) is 0 Å². The Morgan fingerprint density at radius 2 is 2.11 bits per heavy atom. The highest BCUT2D eigenvalue weighted by molar-refractivity contribution is 7.13. The number of nitrogens with one attached hydrogen (secondary N) is 2. The van der Waals surface area contributed by atoms with Crippen LogP contribution in [0.2, 0.25) is 0 Å². The van der Waals surface area contributed by atoms with Gasteiger partial charge in [-0.2, -0.15) is 4.98 Å². The van der Waals surface area contributed by atoms with Crippen molar-refractivity contribution in [1.29, 1.82) is 0 Å². The smallest absolute Gasteiger partial charge is 0.268 e. The molecule has 2 amide bonds. The molecule has 3 heterocycles. The monoisotopic (exact) mass is 384 g/mol. The average molecular weight is 384 g/mol. The van der Waals surface area contributed by atoms with Gasteiger partial charge in [0.2, 0.25) is 5.91 Å². The number of aromatic nitrogens is 2. The van der Waals surface area contributed by atoms with Gasteiger partial charge in [0.25, 0.3) is 11.8 Å². The second kappa shape index (κ2) is 7.68. The van der Waals surface area contributed by atoms with E-state index in [0.29, 0.717) is 11.7 Å². The van der Waals surface area contributed by atoms with Crippen LogP contribution in [0, 0.1) is 0 Å². The van der Waals surface area contributed by atoms with Crippen LogP contribution in [-0.2, 0) is 20.9 Å². The first kappa shape index (κ1) is 17.4. The lowest BCUT2D eigenvalue weighted by molar-refractivity contribution is -0.148. The van der Waals surface area contributed by atoms with Crippen molar-refractivity contribution in [3.05, 3.63) is 59.2 Å². The molecule has 0 spiro atoms. The largest absolute Gasteiger partial charge is 0.356 e. The Hall–Kier alpha value is -3.04. The summed E-state index contributed by atoms with van der Waals surface area (Å²) in [4.78, 5) is 29.5. The Morgan fingerprint density at radius 1 is 1.26 bits per heavy atom. The molecule has 2 N–H and O–H groups in total. The van der Waals surface area contributed by atoms with E-state index in [1.54, 1.807) is 0 Å². The van der Waals surface area contributed by atoms with Gasteiger partial charge >= 0.3 is 0 Å². The van der Waals surface area contributed by atoms with E-state index in [2.05, 4.69) is 20.8 Å². The third-order valence-corrected chi connectivity index (χ3v) is 4.91. The third-order valence-electron chi connectivity index (χ3n) is 4.05. The molecule has 2 atom stereocenters. The summed E-state index contributed by atoms with van der Waals surface area (Å²) in [6.45, 7) is -0.0603. The fourth-order valence-corrected chi connectivity index (χ4v) is 3.44. The number of benzene rings is 1. The number of ether oxygens (including phenoxy) is 1. The zero-order valence-electron chi connectivity index (χ0n) is 14.1. The minimum atomic E-state index is -0.839. The molecule has 1 fully saturated rings. The maximum Gasteiger partial charge on any atom is 0.268 e. The summed E-state index contributed by atoms with van der Waals surface area (Å²) in [5.41, 5.74) is 0.797. The Labute approximate surface area is 158 Å². The molecule has 2 aromatic heterocycles. The lowest BCUT2D eigenvalue weighted by Gasteiger charge is -2.31. The lowest BCUT2D eigenvalue weighted by atomic mass is 9.99. The zero-order valence-corrected chi connectivity index (χ0v) is 14.9. The molecule has 0 bridgehead atoms. The number of nitrogens with zero attached hydrogens (tertiary/aromatic N) is 2. The summed E-state index contributed by atoms with van der Waals surface area (Å²) in [6.07, 6.45) is -0.839. The van der Waals surface area contributed by atoms with Gasteiger partial charge in [0.1, 0.15) is 6.61 Å². The third kappa shape index (κ3) is 3.88. The fraction of sp³-hybridized carbons (Fsp3) is 0.222. The summed E-state index contributed by atoms with van der Waals surface area (Å²) >= 11 is 1.49. The van der Waals surface area contributed by atoms with Crippen LogP contribution in [0.15, 0.2) is 52.4 Å². The van der Waals surface area contributed by atoms with Crippen LogP contribution in [0.3, 0.4) is 0 Å². The van der Waals surface area contributed by atoms with E-state index in [4.69, 9.17) is 9.26 Å². The van der Waals surface area contributed by atoms with E-state index >= 15 is 0 Å². The molecule has 27 heavy (non-hydrogen) atoms. The summed E-state index contributed by atoms with van der Waals surface area (Å²) in [5.74, 6) is 0.165. The molecule has 1 aromatic carbocycles. The van der Waals surface area contributed by atoms with Gasteiger partial charge in [-0.05, 0) is 17.0 Å². The predicted molar refractivity (Wildman–Crippen MR) is 96.5 cm³/mol. The number of morpholine rings is 1. The van der Waals surface area contributed by atoms with E-state index in [9.17, 15) is 9.59 Å². The molecule has 138 valence electrons. The van der Waals surface area contributed by atoms with Gasteiger partial charge in [0.15, 0.2) is 11.9 Å². The standard InChI is InChI=1S/C18H16N4O4S/c23-14-10-25-16(15(21-14)11-5-2-1-3-6-11)17(24)19-9-13-20-18(26-22-13)12-7-4-8-27-12/h1-8,15-16H,9-10H2,(H,19,24)(H,21,23)/t15-,16+/m1/s1. The average Bonchev–Trinajstić information content (AvgIpc) is 3.38. The highest BCUT2D eigenvalue weighted by Gasteiger charge is 2.36. The van der Waals surface area contributed by atoms with Crippen LogP contribution in [0.1, 0.15) is 17.4 Å². The topological polar surface area (TPSA) is 106 Å². The van der Waals surface area contributed by atoms with Crippen molar-refractivity contribution in [2.45, 2.75) is 18.7 Å². The van der Waals surface area contributed by atoms with Crippen LogP contribution in [0.4, 0.5) is 0 Å². The Bertz CT molecular complexity index is 926. The predicted octanol–water partition coefficient (Wildman–Crippen LogP) is 1.67.